The lowest BCUT2D eigenvalue weighted by Gasteiger charge is -2.18. The van der Waals surface area contributed by atoms with Crippen LogP contribution in [0.4, 0.5) is 10.5 Å². The molecule has 2 aromatic carbocycles. The average Bonchev–Trinajstić information content (AvgIpc) is 2.42. The smallest absolute Gasteiger partial charge is 0.326 e. The molecular weight excluding hydrogens is 240 g/mol. The van der Waals surface area contributed by atoms with Gasteiger partial charge in [0.25, 0.3) is 5.91 Å². The van der Waals surface area contributed by atoms with Crippen molar-refractivity contribution in [1.29, 1.82) is 0 Å². The number of nitrogens with zero attached hydrogens (tertiary/aromatic N) is 1. The van der Waals surface area contributed by atoms with Crippen LogP contribution >= 0.6 is 0 Å². The summed E-state index contributed by atoms with van der Waals surface area (Å²) < 4.78 is 0. The molecule has 0 bridgehead atoms. The molecule has 0 aliphatic heterocycles. The van der Waals surface area contributed by atoms with Gasteiger partial charge in [0, 0.05) is 5.56 Å². The number of hydrogen-bond acceptors (Lipinski definition) is 2. The van der Waals surface area contributed by atoms with Crippen LogP contribution in [-0.4, -0.2) is 11.9 Å². The number of aryl methyl sites for hydroxylation is 1. The van der Waals surface area contributed by atoms with Gasteiger partial charge in [0.05, 0.1) is 5.69 Å². The van der Waals surface area contributed by atoms with Crippen LogP contribution in [0.1, 0.15) is 15.9 Å². The number of carbonyl (C=O) groups is 2. The fourth-order valence-electron chi connectivity index (χ4n) is 1.75. The zero-order chi connectivity index (χ0) is 13.8. The SMILES string of the molecule is Cc1ccc(N(C(N)=O)C(=O)c2ccccc2)cc1. The van der Waals surface area contributed by atoms with Crippen molar-refractivity contribution < 1.29 is 9.59 Å². The quantitative estimate of drug-likeness (QED) is 0.895. The predicted molar refractivity (Wildman–Crippen MR) is 74.0 cm³/mol. The highest BCUT2D eigenvalue weighted by Gasteiger charge is 2.22. The third-order valence-electron chi connectivity index (χ3n) is 2.74. The van der Waals surface area contributed by atoms with E-state index in [2.05, 4.69) is 0 Å². The second-order valence-electron chi connectivity index (χ2n) is 4.18. The van der Waals surface area contributed by atoms with Crippen LogP contribution in [0.2, 0.25) is 0 Å². The molecule has 0 spiro atoms. The number of benzene rings is 2. The van der Waals surface area contributed by atoms with Gasteiger partial charge in [-0.3, -0.25) is 4.79 Å². The Labute approximate surface area is 111 Å². The lowest BCUT2D eigenvalue weighted by Crippen LogP contribution is -2.40. The molecule has 0 unspecified atom stereocenters. The van der Waals surface area contributed by atoms with Crippen LogP contribution < -0.4 is 10.6 Å². The normalized spacial score (nSPS) is 9.95. The van der Waals surface area contributed by atoms with E-state index in [1.807, 2.05) is 19.1 Å². The van der Waals surface area contributed by atoms with Gasteiger partial charge < -0.3 is 5.73 Å². The monoisotopic (exact) mass is 254 g/mol. The second-order valence-corrected chi connectivity index (χ2v) is 4.18. The number of carbonyl (C=O) groups excluding carboxylic acids is 2. The molecular formula is C15H14N2O2. The molecule has 2 aromatic rings. The molecule has 0 aliphatic rings. The zero-order valence-corrected chi connectivity index (χ0v) is 10.5. The van der Waals surface area contributed by atoms with Crippen LogP contribution in [0, 0.1) is 6.92 Å². The molecule has 0 saturated carbocycles. The molecule has 0 aromatic heterocycles. The number of urea groups is 1. The summed E-state index contributed by atoms with van der Waals surface area (Å²) in [6, 6.07) is 14.8. The summed E-state index contributed by atoms with van der Waals surface area (Å²) in [5.74, 6) is -0.433. The van der Waals surface area contributed by atoms with E-state index in [1.54, 1.807) is 42.5 Å². The summed E-state index contributed by atoms with van der Waals surface area (Å²) in [6.45, 7) is 1.93. The van der Waals surface area contributed by atoms with Gasteiger partial charge >= 0.3 is 6.03 Å². The van der Waals surface area contributed by atoms with Gasteiger partial charge in [0.1, 0.15) is 0 Å². The Bertz CT molecular complexity index is 591. The van der Waals surface area contributed by atoms with E-state index < -0.39 is 11.9 Å². The first-order valence-corrected chi connectivity index (χ1v) is 5.85. The van der Waals surface area contributed by atoms with Gasteiger partial charge in [-0.1, -0.05) is 35.9 Å². The molecule has 4 nitrogen and oxygen atoms in total. The van der Waals surface area contributed by atoms with Gasteiger partial charge in [-0.05, 0) is 31.2 Å². The van der Waals surface area contributed by atoms with E-state index in [0.717, 1.165) is 10.5 Å². The van der Waals surface area contributed by atoms with Crippen molar-refractivity contribution in [3.05, 3.63) is 65.7 Å². The largest absolute Gasteiger partial charge is 0.351 e. The number of rotatable bonds is 2. The van der Waals surface area contributed by atoms with E-state index in [0.29, 0.717) is 11.3 Å². The van der Waals surface area contributed by atoms with E-state index in [-0.39, 0.29) is 0 Å². The highest BCUT2D eigenvalue weighted by molar-refractivity contribution is 6.20. The standard InChI is InChI=1S/C15H14N2O2/c1-11-7-9-13(10-8-11)17(15(16)19)14(18)12-5-3-2-4-6-12/h2-10H,1H3,(H2,16,19). The number of imide groups is 1. The summed E-state index contributed by atoms with van der Waals surface area (Å²) in [6.07, 6.45) is 0. The number of nitrogens with two attached hydrogens (primary N) is 1. The van der Waals surface area contributed by atoms with Crippen molar-refractivity contribution >= 4 is 17.6 Å². The predicted octanol–water partition coefficient (Wildman–Crippen LogP) is 2.72. The molecule has 96 valence electrons. The Kier molecular flexibility index (Phi) is 3.61. The molecule has 4 heteroatoms. The Morgan fingerprint density at radius 2 is 1.53 bits per heavy atom. The lowest BCUT2D eigenvalue weighted by molar-refractivity contribution is 0.0995. The van der Waals surface area contributed by atoms with E-state index in [9.17, 15) is 9.59 Å². The first-order valence-electron chi connectivity index (χ1n) is 5.85. The molecule has 0 radical (unpaired) electrons. The Morgan fingerprint density at radius 3 is 2.05 bits per heavy atom. The summed E-state index contributed by atoms with van der Waals surface area (Å²) >= 11 is 0. The van der Waals surface area contributed by atoms with Gasteiger partial charge in [0.2, 0.25) is 0 Å². The molecule has 0 fully saturated rings. The maximum Gasteiger partial charge on any atom is 0.326 e. The van der Waals surface area contributed by atoms with Crippen molar-refractivity contribution in [3.63, 3.8) is 0 Å². The van der Waals surface area contributed by atoms with Crippen molar-refractivity contribution in [3.8, 4) is 0 Å². The molecule has 2 N–H and O–H groups in total. The Morgan fingerprint density at radius 1 is 0.947 bits per heavy atom. The zero-order valence-electron chi connectivity index (χ0n) is 10.5. The van der Waals surface area contributed by atoms with Crippen LogP contribution in [0.5, 0.6) is 0 Å². The Hall–Kier alpha value is -2.62. The topological polar surface area (TPSA) is 63.4 Å². The maximum absolute atomic E-state index is 12.3. The van der Waals surface area contributed by atoms with Gasteiger partial charge in [-0.15, -0.1) is 0 Å². The number of primary amides is 1. The van der Waals surface area contributed by atoms with Gasteiger partial charge in [-0.2, -0.15) is 0 Å². The molecule has 0 atom stereocenters. The third-order valence-corrected chi connectivity index (χ3v) is 2.74. The highest BCUT2D eigenvalue weighted by Crippen LogP contribution is 2.17. The maximum atomic E-state index is 12.3. The minimum absolute atomic E-state index is 0.418. The summed E-state index contributed by atoms with van der Waals surface area (Å²) in [5.41, 5.74) is 7.24. The van der Waals surface area contributed by atoms with Crippen LogP contribution in [-0.2, 0) is 0 Å². The summed E-state index contributed by atoms with van der Waals surface area (Å²) in [7, 11) is 0. The number of anilines is 1. The molecule has 3 amide bonds. The first-order chi connectivity index (χ1) is 9.09. The van der Waals surface area contributed by atoms with Gasteiger partial charge in [0.15, 0.2) is 0 Å². The molecule has 0 aliphatic carbocycles. The average molecular weight is 254 g/mol. The van der Waals surface area contributed by atoms with Crippen LogP contribution in [0.25, 0.3) is 0 Å². The van der Waals surface area contributed by atoms with Crippen molar-refractivity contribution in [2.45, 2.75) is 6.92 Å². The lowest BCUT2D eigenvalue weighted by atomic mass is 10.1. The first kappa shape index (κ1) is 12.8. The van der Waals surface area contributed by atoms with Crippen molar-refractivity contribution in [2.75, 3.05) is 4.90 Å². The number of hydrogen-bond donors (Lipinski definition) is 1. The van der Waals surface area contributed by atoms with Crippen molar-refractivity contribution in [1.82, 2.24) is 0 Å². The molecule has 0 heterocycles. The molecule has 19 heavy (non-hydrogen) atoms. The van der Waals surface area contributed by atoms with Crippen LogP contribution in [0.15, 0.2) is 54.6 Å². The number of amides is 3. The fraction of sp³-hybridized carbons (Fsp3) is 0.0667. The van der Waals surface area contributed by atoms with Crippen LogP contribution in [0.3, 0.4) is 0 Å². The van der Waals surface area contributed by atoms with E-state index in [4.69, 9.17) is 5.73 Å². The molecule has 2 rings (SSSR count). The van der Waals surface area contributed by atoms with E-state index in [1.165, 1.54) is 0 Å². The second kappa shape index (κ2) is 5.35. The minimum Gasteiger partial charge on any atom is -0.351 e. The van der Waals surface area contributed by atoms with Gasteiger partial charge in [-0.25, -0.2) is 9.69 Å². The summed E-state index contributed by atoms with van der Waals surface area (Å²) in [4.78, 5) is 24.8. The van der Waals surface area contributed by atoms with Crippen molar-refractivity contribution in [2.24, 2.45) is 5.73 Å². The Balaban J connectivity index is 2.39. The third kappa shape index (κ3) is 2.80. The summed E-state index contributed by atoms with van der Waals surface area (Å²) in [5, 5.41) is 0. The minimum atomic E-state index is -0.794. The molecule has 0 saturated heterocycles. The highest BCUT2D eigenvalue weighted by atomic mass is 16.2. The fourth-order valence-corrected chi connectivity index (χ4v) is 1.75. The van der Waals surface area contributed by atoms with E-state index >= 15 is 0 Å².